The Bertz CT molecular complexity index is 3950. The lowest BCUT2D eigenvalue weighted by Gasteiger charge is -2.53. The Morgan fingerprint density at radius 1 is 0.373 bits per heavy atom. The summed E-state index contributed by atoms with van der Waals surface area (Å²) in [6, 6.07) is 75.1. The van der Waals surface area contributed by atoms with Crippen molar-refractivity contribution in [2.24, 2.45) is 0 Å². The Kier molecular flexibility index (Phi) is 58.2. The summed E-state index contributed by atoms with van der Waals surface area (Å²) in [5, 5.41) is 24.2. The minimum absolute atomic E-state index is 0.0274. The summed E-state index contributed by atoms with van der Waals surface area (Å²) in [7, 11) is 2.99. The molecule has 3 aliphatic heterocycles. The Labute approximate surface area is 819 Å². The van der Waals surface area contributed by atoms with Gasteiger partial charge in [-0.15, -0.1) is 6.58 Å². The zero-order valence-corrected chi connectivity index (χ0v) is 89.8. The molecule has 2 N–H and O–H groups in total. The van der Waals surface area contributed by atoms with Crippen molar-refractivity contribution in [2.45, 2.75) is 422 Å². The Morgan fingerprint density at radius 3 is 0.888 bits per heavy atom. The number of phenols is 1. The molecular weight excluding hydrogens is 1660 g/mol. The van der Waals surface area contributed by atoms with Crippen molar-refractivity contribution < 1.29 is 48.5 Å². The normalized spacial score (nSPS) is 17.3. The van der Waals surface area contributed by atoms with Gasteiger partial charge in [0, 0.05) is 52.0 Å². The molecule has 8 aromatic rings. The van der Waals surface area contributed by atoms with E-state index in [1.165, 1.54) is 142 Å². The number of rotatable bonds is 38. The molecule has 0 spiro atoms. The molecule has 0 saturated carbocycles. The first-order valence-electron chi connectivity index (χ1n) is 51.5. The predicted octanol–water partition coefficient (Wildman–Crippen LogP) is 34.1. The summed E-state index contributed by atoms with van der Waals surface area (Å²) in [6.07, 6.45) is 33.2. The van der Waals surface area contributed by atoms with E-state index in [1.54, 1.807) is 25.3 Å². The van der Waals surface area contributed by atoms with Crippen molar-refractivity contribution >= 4 is 12.6 Å². The van der Waals surface area contributed by atoms with Crippen molar-refractivity contribution in [1.82, 2.24) is 15.2 Å². The highest BCUT2D eigenvalue weighted by Gasteiger charge is 2.48. The number of benzene rings is 8. The highest BCUT2D eigenvalue weighted by molar-refractivity contribution is 5.80. The first-order valence-corrected chi connectivity index (χ1v) is 51.5. The molecular formula is C121H189N3O10. The molecule has 13 heteroatoms. The second-order valence-corrected chi connectivity index (χ2v) is 40.1. The third-order valence-corrected chi connectivity index (χ3v) is 25.9. The maximum Gasteiger partial charge on any atom is 0.153 e. The van der Waals surface area contributed by atoms with Crippen molar-refractivity contribution in [3.05, 3.63) is 276 Å². The van der Waals surface area contributed by atoms with Crippen molar-refractivity contribution in [2.75, 3.05) is 27.4 Å². The molecule has 0 bridgehead atoms. The van der Waals surface area contributed by atoms with Crippen LogP contribution in [0.1, 0.15) is 426 Å². The predicted molar refractivity (Wildman–Crippen MR) is 572 cm³/mol. The van der Waals surface area contributed by atoms with Gasteiger partial charge >= 0.3 is 0 Å². The summed E-state index contributed by atoms with van der Waals surface area (Å²) < 4.78 is 15.5. The van der Waals surface area contributed by atoms with Crippen LogP contribution in [0.4, 0.5) is 0 Å². The van der Waals surface area contributed by atoms with Crippen molar-refractivity contribution in [3.63, 3.8) is 0 Å². The Hall–Kier alpha value is -8.24. The summed E-state index contributed by atoms with van der Waals surface area (Å²) >= 11 is 0. The van der Waals surface area contributed by atoms with Crippen LogP contribution in [0, 0.1) is 0 Å². The number of nitrogens with zero attached hydrogens (tertiary/aromatic N) is 3. The van der Waals surface area contributed by atoms with Gasteiger partial charge in [-0.2, -0.15) is 15.2 Å². The number of aliphatic hydroxyl groups excluding tert-OH is 1. The van der Waals surface area contributed by atoms with Gasteiger partial charge in [0.15, 0.2) is 12.6 Å². The molecule has 8 aromatic carbocycles. The van der Waals surface area contributed by atoms with Gasteiger partial charge in [-0.05, 0) is 273 Å². The number of hydroxylamine groups is 6. The van der Waals surface area contributed by atoms with Crippen LogP contribution in [0.5, 0.6) is 23.0 Å². The fourth-order valence-electron chi connectivity index (χ4n) is 19.1. The van der Waals surface area contributed by atoms with Gasteiger partial charge in [0.2, 0.25) is 0 Å². The molecule has 13 nitrogen and oxygen atoms in total. The molecule has 0 aliphatic carbocycles. The quantitative estimate of drug-likeness (QED) is 0.0216. The van der Waals surface area contributed by atoms with E-state index in [-0.39, 0.29) is 73.5 Å². The van der Waals surface area contributed by atoms with E-state index >= 15 is 0 Å². The van der Waals surface area contributed by atoms with Crippen LogP contribution in [-0.4, -0.2) is 98.6 Å². The lowest BCUT2D eigenvalue weighted by atomic mass is 9.73. The number of methoxy groups -OCH3 is 2. The number of phenolic OH excluding ortho intramolecular Hbond substituents is 1. The van der Waals surface area contributed by atoms with Gasteiger partial charge in [0.1, 0.15) is 41.3 Å². The highest BCUT2D eigenvalue weighted by atomic mass is 16.7. The largest absolute Gasteiger partial charge is 0.508 e. The van der Waals surface area contributed by atoms with Crippen LogP contribution in [-0.2, 0) is 30.8 Å². The first kappa shape index (κ1) is 122. The van der Waals surface area contributed by atoms with Crippen LogP contribution in [0.25, 0.3) is 0 Å². The number of carbonyl (C=O) groups excluding carboxylic acids is 2. The van der Waals surface area contributed by atoms with E-state index in [1.807, 2.05) is 47.6 Å². The number of aliphatic hydroxyl groups is 1. The van der Waals surface area contributed by atoms with Gasteiger partial charge in [-0.3, -0.25) is 24.1 Å². The number of aldehydes is 2. The maximum absolute atomic E-state index is 10.7. The number of piperidine rings is 3. The third-order valence-electron chi connectivity index (χ3n) is 25.9. The molecule has 3 heterocycles. The molecule has 748 valence electrons. The number of unbranched alkanes of at least 4 members (excludes halogenated alkanes) is 5. The van der Waals surface area contributed by atoms with E-state index in [4.69, 9.17) is 38.9 Å². The number of allylic oxidation sites excluding steroid dienone is 1. The van der Waals surface area contributed by atoms with Gasteiger partial charge in [-0.1, -0.05) is 343 Å². The summed E-state index contributed by atoms with van der Waals surface area (Å²) in [5.41, 5.74) is 9.42. The Balaban J connectivity index is 0.000000558. The van der Waals surface area contributed by atoms with E-state index in [0.717, 1.165) is 95.5 Å². The minimum Gasteiger partial charge on any atom is -0.508 e. The molecule has 3 aliphatic rings. The summed E-state index contributed by atoms with van der Waals surface area (Å²) in [6.45, 7) is 65.1. The van der Waals surface area contributed by atoms with Crippen LogP contribution >= 0.6 is 0 Å². The number of hydrogen-bond donors (Lipinski definition) is 2. The number of hydrogen-bond acceptors (Lipinski definition) is 13. The monoisotopic (exact) mass is 1840 g/mol. The fourth-order valence-corrected chi connectivity index (χ4v) is 19.1. The number of ether oxygens (including phenoxy) is 3. The topological polar surface area (TPSA) is 140 Å². The van der Waals surface area contributed by atoms with Crippen LogP contribution < -0.4 is 14.2 Å². The van der Waals surface area contributed by atoms with Gasteiger partial charge in [0.25, 0.3) is 0 Å². The standard InChI is InChI=1S/3C28H41NO.C13H18O3.C8H8O3.C5H12O.C5H10.3C2H6/c3*1-7-19-28(6,24-17-12-9-13-18-24)22-25(23-15-10-8-11-16-23)30-29-26(2,3)20-14-21-27(29,4)5;1-3-4-5-8-16-12-7-6-11(10-14)13(9-12)15-2;1-11-8-4-7(10)3-2-6(8)5-9;1-2-3-4-5-6;1-3-5-4-2;3*1-2/h3*8-13,15-18,25H,7,14,19-22H2,1-6H3;6-7,9-10H,3-5,8H2,1-2H3;2-5,10H,1H3;6H,2-5H2,1H3;3H,1,4-5H2,2H3;3*1-2H3. The molecule has 3 saturated heterocycles. The fraction of sp³-hybridized carbons (Fsp3) is 0.570. The van der Waals surface area contributed by atoms with Crippen molar-refractivity contribution in [1.29, 1.82) is 0 Å². The van der Waals surface area contributed by atoms with E-state index in [9.17, 15) is 9.59 Å². The third kappa shape index (κ3) is 40.8. The SMILES string of the molecule is C=CCCC.CC.CC.CC.CCCC(C)(CC(ON1C(C)(C)CCCC1(C)C)c1ccccc1)c1ccccc1.CCCC(C)(CC(ON1C(C)(C)CCCC1(C)C)c1ccccc1)c1ccccc1.CCCC(C)(CC(ON1C(C)(C)CCCC1(C)C)c1ccccc1)c1ccccc1.CCCCCO.CCCCCOc1ccc(C=O)c(OC)c1.COc1cc(O)ccc1C=O. The van der Waals surface area contributed by atoms with Gasteiger partial charge in [0.05, 0.1) is 32.0 Å². The number of carbonyl (C=O) groups is 2. The molecule has 6 unspecified atom stereocenters. The smallest absolute Gasteiger partial charge is 0.153 e. The van der Waals surface area contributed by atoms with Crippen molar-refractivity contribution in [3.8, 4) is 23.0 Å². The van der Waals surface area contributed by atoms with Crippen LogP contribution in [0.2, 0.25) is 0 Å². The summed E-state index contributed by atoms with van der Waals surface area (Å²) in [5.74, 6) is 1.79. The van der Waals surface area contributed by atoms with Crippen LogP contribution in [0.3, 0.4) is 0 Å². The van der Waals surface area contributed by atoms with Gasteiger partial charge < -0.3 is 24.4 Å². The molecule has 0 amide bonds. The maximum atomic E-state index is 10.7. The zero-order chi connectivity index (χ0) is 101. The lowest BCUT2D eigenvalue weighted by molar-refractivity contribution is -0.310. The van der Waals surface area contributed by atoms with Crippen LogP contribution in [0.15, 0.2) is 231 Å². The second kappa shape index (κ2) is 64.0. The summed E-state index contributed by atoms with van der Waals surface area (Å²) in [4.78, 5) is 42.0. The zero-order valence-electron chi connectivity index (χ0n) is 89.8. The molecule has 11 rings (SSSR count). The van der Waals surface area contributed by atoms with E-state index < -0.39 is 0 Å². The average Bonchev–Trinajstić information content (AvgIpc) is 0.777. The van der Waals surface area contributed by atoms with E-state index in [2.05, 4.69) is 349 Å². The molecule has 3 fully saturated rings. The molecule has 134 heavy (non-hydrogen) atoms. The molecule has 0 radical (unpaired) electrons. The minimum atomic E-state index is 0.0274. The first-order chi connectivity index (χ1) is 64.0. The number of aromatic hydroxyl groups is 1. The average molecular weight is 1850 g/mol. The molecule has 0 aromatic heterocycles. The molecule has 6 atom stereocenters. The van der Waals surface area contributed by atoms with E-state index in [0.29, 0.717) is 42.1 Å². The van der Waals surface area contributed by atoms with Gasteiger partial charge in [-0.25, -0.2) is 0 Å². The Morgan fingerprint density at radius 2 is 0.649 bits per heavy atom. The highest BCUT2D eigenvalue weighted by Crippen LogP contribution is 2.50. The lowest BCUT2D eigenvalue weighted by Crippen LogP contribution is -2.58. The second-order valence-electron chi connectivity index (χ2n) is 40.1.